The molecule has 0 aromatic heterocycles. The zero-order valence-electron chi connectivity index (χ0n) is 13.9. The molecule has 128 valence electrons. The summed E-state index contributed by atoms with van der Waals surface area (Å²) in [5, 5.41) is 13.7. The summed E-state index contributed by atoms with van der Waals surface area (Å²) in [4.78, 5) is 14.4. The fourth-order valence-corrected chi connectivity index (χ4v) is 2.62. The summed E-state index contributed by atoms with van der Waals surface area (Å²) in [7, 11) is 0. The van der Waals surface area contributed by atoms with E-state index in [0.717, 1.165) is 24.3 Å². The molecule has 1 heterocycles. The smallest absolute Gasteiger partial charge is 0.252 e. The van der Waals surface area contributed by atoms with Gasteiger partial charge in [-0.1, -0.05) is 25.4 Å². The molecule has 1 aliphatic rings. The maximum absolute atomic E-state index is 12.2. The molecule has 1 aliphatic heterocycles. The van der Waals surface area contributed by atoms with Crippen molar-refractivity contribution in [2.45, 2.75) is 32.9 Å². The number of amides is 1. The second-order valence-electron chi connectivity index (χ2n) is 6.36. The molecule has 1 saturated heterocycles. The summed E-state index contributed by atoms with van der Waals surface area (Å²) in [6.45, 7) is 8.50. The van der Waals surface area contributed by atoms with Crippen molar-refractivity contribution < 1.29 is 14.6 Å². The monoisotopic (exact) mass is 340 g/mol. The third kappa shape index (κ3) is 4.37. The molecule has 0 bridgehead atoms. The average Bonchev–Trinajstić information content (AvgIpc) is 2.53. The second-order valence-corrected chi connectivity index (χ2v) is 6.79. The van der Waals surface area contributed by atoms with Gasteiger partial charge in [0, 0.05) is 30.3 Å². The van der Waals surface area contributed by atoms with Crippen molar-refractivity contribution in [3.8, 4) is 0 Å². The zero-order chi connectivity index (χ0) is 17.0. The van der Waals surface area contributed by atoms with Crippen molar-refractivity contribution in [3.05, 3.63) is 28.8 Å². The molecule has 1 fully saturated rings. The predicted molar refractivity (Wildman–Crippen MR) is 91.8 cm³/mol. The van der Waals surface area contributed by atoms with Crippen LogP contribution in [0.3, 0.4) is 0 Å². The van der Waals surface area contributed by atoms with E-state index in [2.05, 4.69) is 10.2 Å². The van der Waals surface area contributed by atoms with Crippen molar-refractivity contribution in [3.63, 3.8) is 0 Å². The standard InChI is InChI=1S/C17H25ClN2O3/c1-12(2)17(3,22)16(21)19-11-13-10-14(18)4-5-15(13)20-6-8-23-9-7-20/h4-5,10,12,22H,6-9,11H2,1-3H3,(H,19,21). The first-order chi connectivity index (χ1) is 10.8. The quantitative estimate of drug-likeness (QED) is 0.862. The summed E-state index contributed by atoms with van der Waals surface area (Å²) in [5.41, 5.74) is 0.590. The Labute approximate surface area is 142 Å². The fraction of sp³-hybridized carbons (Fsp3) is 0.588. The number of nitrogens with one attached hydrogen (secondary N) is 1. The van der Waals surface area contributed by atoms with E-state index in [0.29, 0.717) is 24.8 Å². The molecular formula is C17H25ClN2O3. The Kier molecular flexibility index (Phi) is 5.89. The van der Waals surface area contributed by atoms with Gasteiger partial charge in [-0.05, 0) is 36.6 Å². The lowest BCUT2D eigenvalue weighted by Gasteiger charge is -2.31. The minimum atomic E-state index is -1.39. The van der Waals surface area contributed by atoms with Crippen LogP contribution in [-0.2, 0) is 16.1 Å². The third-order valence-corrected chi connectivity index (χ3v) is 4.65. The Hall–Kier alpha value is -1.30. The molecular weight excluding hydrogens is 316 g/mol. The summed E-state index contributed by atoms with van der Waals surface area (Å²) in [6.07, 6.45) is 0. The summed E-state index contributed by atoms with van der Waals surface area (Å²) < 4.78 is 5.38. The molecule has 0 radical (unpaired) electrons. The van der Waals surface area contributed by atoms with E-state index >= 15 is 0 Å². The highest BCUT2D eigenvalue weighted by Gasteiger charge is 2.33. The first-order valence-electron chi connectivity index (χ1n) is 7.94. The van der Waals surface area contributed by atoms with Gasteiger partial charge in [0.05, 0.1) is 13.2 Å². The topological polar surface area (TPSA) is 61.8 Å². The normalized spacial score (nSPS) is 17.9. The van der Waals surface area contributed by atoms with Crippen molar-refractivity contribution in [1.82, 2.24) is 5.32 Å². The zero-order valence-corrected chi connectivity index (χ0v) is 14.7. The lowest BCUT2D eigenvalue weighted by Crippen LogP contribution is -2.48. The molecule has 0 spiro atoms. The maximum Gasteiger partial charge on any atom is 0.252 e. The maximum atomic E-state index is 12.2. The number of rotatable bonds is 5. The van der Waals surface area contributed by atoms with Gasteiger partial charge >= 0.3 is 0 Å². The van der Waals surface area contributed by atoms with Crippen molar-refractivity contribution in [2.24, 2.45) is 5.92 Å². The van der Waals surface area contributed by atoms with E-state index < -0.39 is 5.60 Å². The number of morpholine rings is 1. The van der Waals surface area contributed by atoms with Crippen LogP contribution in [0.25, 0.3) is 0 Å². The van der Waals surface area contributed by atoms with Gasteiger partial charge in [0.25, 0.3) is 5.91 Å². The number of ether oxygens (including phenoxy) is 1. The Morgan fingerprint density at radius 1 is 1.43 bits per heavy atom. The highest BCUT2D eigenvalue weighted by atomic mass is 35.5. The van der Waals surface area contributed by atoms with Gasteiger partial charge in [-0.2, -0.15) is 0 Å². The van der Waals surface area contributed by atoms with Crippen LogP contribution in [0.1, 0.15) is 26.3 Å². The lowest BCUT2D eigenvalue weighted by molar-refractivity contribution is -0.142. The average molecular weight is 341 g/mol. The molecule has 1 aromatic rings. The molecule has 1 aromatic carbocycles. The van der Waals surface area contributed by atoms with Crippen molar-refractivity contribution >= 4 is 23.2 Å². The predicted octanol–water partition coefficient (Wildman–Crippen LogP) is 2.20. The Morgan fingerprint density at radius 3 is 2.70 bits per heavy atom. The van der Waals surface area contributed by atoms with Crippen LogP contribution < -0.4 is 10.2 Å². The molecule has 6 heteroatoms. The number of hydrogen-bond donors (Lipinski definition) is 2. The Bertz CT molecular complexity index is 555. The number of carbonyl (C=O) groups excluding carboxylic acids is 1. The largest absolute Gasteiger partial charge is 0.380 e. The van der Waals surface area contributed by atoms with Gasteiger partial charge in [-0.15, -0.1) is 0 Å². The van der Waals surface area contributed by atoms with Crippen LogP contribution in [0.4, 0.5) is 5.69 Å². The molecule has 5 nitrogen and oxygen atoms in total. The van der Waals surface area contributed by atoms with Gasteiger partial charge in [-0.3, -0.25) is 4.79 Å². The SMILES string of the molecule is CC(C)C(C)(O)C(=O)NCc1cc(Cl)ccc1N1CCOCC1. The fourth-order valence-electron chi connectivity index (χ4n) is 2.43. The number of benzene rings is 1. The minimum Gasteiger partial charge on any atom is -0.380 e. The van der Waals surface area contributed by atoms with Gasteiger partial charge in [0.1, 0.15) is 5.60 Å². The third-order valence-electron chi connectivity index (χ3n) is 4.42. The van der Waals surface area contributed by atoms with E-state index in [1.807, 2.05) is 32.0 Å². The molecule has 1 amide bonds. The number of carbonyl (C=O) groups is 1. The minimum absolute atomic E-state index is 0.166. The molecule has 2 N–H and O–H groups in total. The number of nitrogens with zero attached hydrogens (tertiary/aromatic N) is 1. The second kappa shape index (κ2) is 7.51. The van der Waals surface area contributed by atoms with E-state index in [4.69, 9.17) is 16.3 Å². The van der Waals surface area contributed by atoms with Gasteiger partial charge in [-0.25, -0.2) is 0 Å². The van der Waals surface area contributed by atoms with Gasteiger partial charge in [0.2, 0.25) is 0 Å². The van der Waals surface area contributed by atoms with Crippen molar-refractivity contribution in [1.29, 1.82) is 0 Å². The lowest BCUT2D eigenvalue weighted by atomic mass is 9.91. The molecule has 1 atom stereocenters. The number of hydrogen-bond acceptors (Lipinski definition) is 4. The van der Waals surface area contributed by atoms with Crippen LogP contribution in [0.5, 0.6) is 0 Å². The van der Waals surface area contributed by atoms with Crippen LogP contribution in [0.15, 0.2) is 18.2 Å². The van der Waals surface area contributed by atoms with Crippen LogP contribution in [-0.4, -0.2) is 42.9 Å². The summed E-state index contributed by atoms with van der Waals surface area (Å²) in [5.74, 6) is -0.541. The van der Waals surface area contributed by atoms with Crippen LogP contribution in [0.2, 0.25) is 5.02 Å². The highest BCUT2D eigenvalue weighted by Crippen LogP contribution is 2.25. The summed E-state index contributed by atoms with van der Waals surface area (Å²) in [6, 6.07) is 5.68. The molecule has 0 saturated carbocycles. The number of anilines is 1. The molecule has 0 aliphatic carbocycles. The number of aliphatic hydroxyl groups is 1. The van der Waals surface area contributed by atoms with E-state index in [1.54, 1.807) is 0 Å². The molecule has 23 heavy (non-hydrogen) atoms. The first-order valence-corrected chi connectivity index (χ1v) is 8.32. The van der Waals surface area contributed by atoms with E-state index in [9.17, 15) is 9.90 Å². The van der Waals surface area contributed by atoms with Crippen molar-refractivity contribution in [2.75, 3.05) is 31.2 Å². The highest BCUT2D eigenvalue weighted by molar-refractivity contribution is 6.30. The Morgan fingerprint density at radius 2 is 2.09 bits per heavy atom. The Balaban J connectivity index is 2.12. The molecule has 2 rings (SSSR count). The first kappa shape index (κ1) is 18.0. The number of halogens is 1. The summed E-state index contributed by atoms with van der Waals surface area (Å²) >= 11 is 6.11. The van der Waals surface area contributed by atoms with Crippen LogP contribution in [0, 0.1) is 5.92 Å². The van der Waals surface area contributed by atoms with E-state index in [-0.39, 0.29) is 11.8 Å². The van der Waals surface area contributed by atoms with E-state index in [1.165, 1.54) is 6.92 Å². The van der Waals surface area contributed by atoms with Crippen LogP contribution >= 0.6 is 11.6 Å². The molecule has 1 unspecified atom stereocenters. The van der Waals surface area contributed by atoms with Gasteiger partial charge in [0.15, 0.2) is 0 Å². The van der Waals surface area contributed by atoms with Gasteiger partial charge < -0.3 is 20.1 Å².